The number of carbonyl (C=O) groups is 2. The highest BCUT2D eigenvalue weighted by Crippen LogP contribution is 2.26. The van der Waals surface area contributed by atoms with Crippen molar-refractivity contribution >= 4 is 12.0 Å². The lowest BCUT2D eigenvalue weighted by Gasteiger charge is -2.30. The summed E-state index contributed by atoms with van der Waals surface area (Å²) in [5, 5.41) is 12.2. The van der Waals surface area contributed by atoms with E-state index in [-0.39, 0.29) is 11.9 Å². The number of carboxylic acids is 1. The van der Waals surface area contributed by atoms with E-state index in [0.29, 0.717) is 13.1 Å². The Labute approximate surface area is 126 Å². The molecule has 1 aliphatic heterocycles. The lowest BCUT2D eigenvalue weighted by atomic mass is 9.84. The van der Waals surface area contributed by atoms with Gasteiger partial charge in [0, 0.05) is 19.6 Å². The highest BCUT2D eigenvalue weighted by atomic mass is 16.4. The second kappa shape index (κ2) is 7.64. The van der Waals surface area contributed by atoms with Crippen LogP contribution in [0.15, 0.2) is 0 Å². The van der Waals surface area contributed by atoms with Crippen molar-refractivity contribution in [3.05, 3.63) is 0 Å². The van der Waals surface area contributed by atoms with E-state index in [0.717, 1.165) is 45.2 Å². The molecule has 0 aromatic carbocycles. The van der Waals surface area contributed by atoms with Crippen LogP contribution in [0.2, 0.25) is 0 Å². The van der Waals surface area contributed by atoms with Gasteiger partial charge in [0.1, 0.15) is 6.04 Å². The number of carbonyl (C=O) groups excluding carboxylic acids is 1. The minimum absolute atomic E-state index is 0.0786. The third kappa shape index (κ3) is 4.59. The first-order valence-electron chi connectivity index (χ1n) is 8.04. The van der Waals surface area contributed by atoms with Crippen molar-refractivity contribution in [1.82, 2.24) is 15.1 Å². The van der Waals surface area contributed by atoms with Crippen LogP contribution in [-0.4, -0.2) is 66.2 Å². The fraction of sp³-hybridized carbons (Fsp3) is 0.867. The average Bonchev–Trinajstić information content (AvgIpc) is 2.70. The zero-order chi connectivity index (χ0) is 15.2. The van der Waals surface area contributed by atoms with Gasteiger partial charge in [-0.05, 0) is 38.8 Å². The zero-order valence-corrected chi connectivity index (χ0v) is 12.9. The van der Waals surface area contributed by atoms with Crippen LogP contribution in [0.25, 0.3) is 0 Å². The molecule has 2 N–H and O–H groups in total. The van der Waals surface area contributed by atoms with Crippen LogP contribution < -0.4 is 5.32 Å². The molecule has 1 saturated carbocycles. The van der Waals surface area contributed by atoms with Crippen molar-refractivity contribution in [2.24, 2.45) is 5.92 Å². The summed E-state index contributed by atoms with van der Waals surface area (Å²) >= 11 is 0. The molecular formula is C15H27N3O3. The monoisotopic (exact) mass is 297 g/mol. The maximum atomic E-state index is 12.3. The zero-order valence-electron chi connectivity index (χ0n) is 12.9. The van der Waals surface area contributed by atoms with Crippen molar-refractivity contribution < 1.29 is 14.7 Å². The van der Waals surface area contributed by atoms with E-state index < -0.39 is 12.0 Å². The predicted molar refractivity (Wildman–Crippen MR) is 80.2 cm³/mol. The summed E-state index contributed by atoms with van der Waals surface area (Å²) in [7, 11) is 2.05. The van der Waals surface area contributed by atoms with Crippen LogP contribution in [0, 0.1) is 5.92 Å². The van der Waals surface area contributed by atoms with Crippen LogP contribution >= 0.6 is 0 Å². The molecule has 2 aliphatic rings. The van der Waals surface area contributed by atoms with Crippen molar-refractivity contribution in [2.75, 3.05) is 33.2 Å². The van der Waals surface area contributed by atoms with Gasteiger partial charge < -0.3 is 20.2 Å². The Morgan fingerprint density at radius 1 is 1.05 bits per heavy atom. The molecule has 1 unspecified atom stereocenters. The SMILES string of the molecule is CN1CCCN(C(=O)NC(C(=O)O)C2CCCCC2)CC1. The number of hydrogen-bond donors (Lipinski definition) is 2. The fourth-order valence-electron chi connectivity index (χ4n) is 3.32. The Morgan fingerprint density at radius 2 is 1.76 bits per heavy atom. The van der Waals surface area contributed by atoms with Gasteiger partial charge in [0.2, 0.25) is 0 Å². The average molecular weight is 297 g/mol. The maximum Gasteiger partial charge on any atom is 0.326 e. The Hall–Kier alpha value is -1.30. The largest absolute Gasteiger partial charge is 0.480 e. The molecule has 1 saturated heterocycles. The van der Waals surface area contributed by atoms with Crippen LogP contribution in [0.4, 0.5) is 4.79 Å². The van der Waals surface area contributed by atoms with Gasteiger partial charge in [0.25, 0.3) is 0 Å². The van der Waals surface area contributed by atoms with Gasteiger partial charge in [-0.25, -0.2) is 9.59 Å². The molecule has 1 heterocycles. The third-order valence-electron chi connectivity index (χ3n) is 4.67. The molecule has 2 fully saturated rings. The summed E-state index contributed by atoms with van der Waals surface area (Å²) in [6, 6.07) is -0.956. The fourth-order valence-corrected chi connectivity index (χ4v) is 3.32. The Bertz CT molecular complexity index is 369. The van der Waals surface area contributed by atoms with Gasteiger partial charge in [0.15, 0.2) is 0 Å². The van der Waals surface area contributed by atoms with Crippen molar-refractivity contribution in [1.29, 1.82) is 0 Å². The molecule has 2 rings (SSSR count). The number of amides is 2. The molecule has 0 aromatic rings. The van der Waals surface area contributed by atoms with Gasteiger partial charge in [-0.1, -0.05) is 19.3 Å². The molecule has 21 heavy (non-hydrogen) atoms. The minimum Gasteiger partial charge on any atom is -0.480 e. The second-order valence-corrected chi connectivity index (χ2v) is 6.31. The van der Waals surface area contributed by atoms with Gasteiger partial charge in [-0.3, -0.25) is 0 Å². The standard InChI is InChI=1S/C15H27N3O3/c1-17-8-5-9-18(11-10-17)15(21)16-13(14(19)20)12-6-3-2-4-7-12/h12-13H,2-11H2,1H3,(H,16,21)(H,19,20). The van der Waals surface area contributed by atoms with Gasteiger partial charge in [-0.2, -0.15) is 0 Å². The topological polar surface area (TPSA) is 72.9 Å². The molecule has 0 aromatic heterocycles. The van der Waals surface area contributed by atoms with E-state index in [1.807, 2.05) is 7.05 Å². The third-order valence-corrected chi connectivity index (χ3v) is 4.67. The van der Waals surface area contributed by atoms with Gasteiger partial charge in [0.05, 0.1) is 0 Å². The van der Waals surface area contributed by atoms with Crippen LogP contribution in [0.1, 0.15) is 38.5 Å². The summed E-state index contributed by atoms with van der Waals surface area (Å²) in [5.41, 5.74) is 0. The van der Waals surface area contributed by atoms with Gasteiger partial charge >= 0.3 is 12.0 Å². The number of urea groups is 1. The number of hydrogen-bond acceptors (Lipinski definition) is 3. The first-order valence-corrected chi connectivity index (χ1v) is 8.04. The summed E-state index contributed by atoms with van der Waals surface area (Å²) in [4.78, 5) is 27.8. The number of nitrogens with one attached hydrogen (secondary N) is 1. The molecule has 0 bridgehead atoms. The highest BCUT2D eigenvalue weighted by Gasteiger charge is 2.32. The van der Waals surface area contributed by atoms with Crippen LogP contribution in [0.5, 0.6) is 0 Å². The Morgan fingerprint density at radius 3 is 2.43 bits per heavy atom. The first-order chi connectivity index (χ1) is 10.1. The first kappa shape index (κ1) is 16.1. The maximum absolute atomic E-state index is 12.3. The minimum atomic E-state index is -0.901. The summed E-state index contributed by atoms with van der Waals surface area (Å²) in [5.74, 6) is -0.822. The number of rotatable bonds is 3. The van der Waals surface area contributed by atoms with E-state index in [9.17, 15) is 14.7 Å². The lowest BCUT2D eigenvalue weighted by molar-refractivity contribution is -0.141. The van der Waals surface area contributed by atoms with E-state index in [4.69, 9.17) is 0 Å². The van der Waals surface area contributed by atoms with Crippen molar-refractivity contribution in [2.45, 2.75) is 44.6 Å². The lowest BCUT2D eigenvalue weighted by Crippen LogP contribution is -2.52. The van der Waals surface area contributed by atoms with Crippen molar-refractivity contribution in [3.63, 3.8) is 0 Å². The number of carboxylic acid groups (broad SMARTS) is 1. The van der Waals surface area contributed by atoms with Crippen LogP contribution in [0.3, 0.4) is 0 Å². The van der Waals surface area contributed by atoms with Gasteiger partial charge in [-0.15, -0.1) is 0 Å². The van der Waals surface area contributed by atoms with Crippen LogP contribution in [-0.2, 0) is 4.79 Å². The molecular weight excluding hydrogens is 270 g/mol. The van der Waals surface area contributed by atoms with E-state index in [2.05, 4.69) is 10.2 Å². The molecule has 1 aliphatic carbocycles. The second-order valence-electron chi connectivity index (χ2n) is 6.31. The molecule has 0 radical (unpaired) electrons. The van der Waals surface area contributed by atoms with E-state index in [1.54, 1.807) is 4.90 Å². The Kier molecular flexibility index (Phi) is 5.85. The molecule has 6 heteroatoms. The predicted octanol–water partition coefficient (Wildman–Crippen LogP) is 1.37. The van der Waals surface area contributed by atoms with Crippen molar-refractivity contribution in [3.8, 4) is 0 Å². The summed E-state index contributed by atoms with van der Waals surface area (Å²) in [6.45, 7) is 3.19. The number of nitrogens with zero attached hydrogens (tertiary/aromatic N) is 2. The quantitative estimate of drug-likeness (QED) is 0.825. The van der Waals surface area contributed by atoms with E-state index in [1.165, 1.54) is 6.42 Å². The Balaban J connectivity index is 1.92. The number of aliphatic carboxylic acids is 1. The molecule has 1 atom stereocenters. The normalized spacial score (nSPS) is 23.4. The molecule has 0 spiro atoms. The molecule has 120 valence electrons. The molecule has 6 nitrogen and oxygen atoms in total. The summed E-state index contributed by atoms with van der Waals surface area (Å²) in [6.07, 6.45) is 6.05. The number of likely N-dealkylation sites (N-methyl/N-ethyl adjacent to an activating group) is 1. The smallest absolute Gasteiger partial charge is 0.326 e. The highest BCUT2D eigenvalue weighted by molar-refractivity contribution is 5.82. The molecule has 2 amide bonds. The summed E-state index contributed by atoms with van der Waals surface area (Å²) < 4.78 is 0. The van der Waals surface area contributed by atoms with E-state index >= 15 is 0 Å².